The van der Waals surface area contributed by atoms with Crippen molar-refractivity contribution in [2.75, 3.05) is 5.32 Å². The van der Waals surface area contributed by atoms with Gasteiger partial charge in [0, 0.05) is 65.2 Å². The van der Waals surface area contributed by atoms with Crippen molar-refractivity contribution < 1.29 is 41.3 Å². The molecule has 5 nitrogen and oxygen atoms in total. The van der Waals surface area contributed by atoms with Crippen molar-refractivity contribution in [1.29, 1.82) is 0 Å². The molecule has 1 aliphatic rings. The van der Waals surface area contributed by atoms with E-state index in [2.05, 4.69) is 25.5 Å². The van der Waals surface area contributed by atoms with Crippen molar-refractivity contribution >= 4 is 23.2 Å². The van der Waals surface area contributed by atoms with Crippen LogP contribution in [0.5, 0.6) is 0 Å². The Labute approximate surface area is 144 Å². The van der Waals surface area contributed by atoms with E-state index in [1.165, 1.54) is 18.5 Å². The molecule has 2 heterocycles. The van der Waals surface area contributed by atoms with Gasteiger partial charge in [-0.25, -0.2) is 9.97 Å². The summed E-state index contributed by atoms with van der Waals surface area (Å²) >= 11 is 5.69. The van der Waals surface area contributed by atoms with Crippen LogP contribution in [-0.2, 0) is 0 Å². The predicted octanol–water partition coefficient (Wildman–Crippen LogP) is 2.92. The molecule has 0 saturated heterocycles. The quantitative estimate of drug-likeness (QED) is 0.624. The molecule has 7 heteroatoms. The topological polar surface area (TPSA) is 66.5 Å². The molecule has 1 aliphatic carbocycles. The molecule has 0 amide bonds. The van der Waals surface area contributed by atoms with E-state index in [9.17, 15) is 0 Å². The van der Waals surface area contributed by atoms with E-state index in [1.807, 2.05) is 6.07 Å². The zero-order chi connectivity index (χ0) is 11.0. The van der Waals surface area contributed by atoms with E-state index >= 15 is 0 Å². The number of aromatic nitrogens is 4. The van der Waals surface area contributed by atoms with E-state index in [4.69, 9.17) is 11.6 Å². The van der Waals surface area contributed by atoms with Gasteiger partial charge in [0.05, 0.1) is 0 Å². The number of hydrogen-bond donors (Lipinski definition) is 2. The van der Waals surface area contributed by atoms with Gasteiger partial charge in [-0.3, -0.25) is 5.10 Å². The molecule has 0 bridgehead atoms. The minimum absolute atomic E-state index is 0. The number of anilines is 2. The third-order valence-corrected chi connectivity index (χ3v) is 2.68. The van der Waals surface area contributed by atoms with Crippen LogP contribution in [-0.4, -0.2) is 20.2 Å². The monoisotopic (exact) mass is 391 g/mol. The van der Waals surface area contributed by atoms with E-state index in [0.29, 0.717) is 11.7 Å². The maximum absolute atomic E-state index is 5.69. The molecular formula is C11H13ClN5Pr-. The van der Waals surface area contributed by atoms with Gasteiger partial charge in [-0.15, -0.1) is 0 Å². The predicted molar refractivity (Wildman–Crippen MR) is 67.3 cm³/mol. The average molecular weight is 392 g/mol. The number of nitrogens with zero attached hydrogens (tertiary/aromatic N) is 3. The first-order valence-corrected chi connectivity index (χ1v) is 5.50. The molecule has 3 rings (SSSR count). The van der Waals surface area contributed by atoms with Gasteiger partial charge in [-0.05, 0) is 30.5 Å². The fraction of sp³-hybridized carbons (Fsp3) is 0.273. The molecule has 0 aromatic carbocycles. The molecule has 0 atom stereocenters. The summed E-state index contributed by atoms with van der Waals surface area (Å²) < 4.78 is 0. The maximum Gasteiger partial charge on any atom is 0.224 e. The molecule has 93 valence electrons. The Morgan fingerprint density at radius 2 is 2.11 bits per heavy atom. The van der Waals surface area contributed by atoms with Crippen molar-refractivity contribution in [3.8, 4) is 0 Å². The van der Waals surface area contributed by atoms with Crippen molar-refractivity contribution in [3.63, 3.8) is 0 Å². The maximum atomic E-state index is 5.69. The van der Waals surface area contributed by atoms with Crippen LogP contribution in [0.1, 0.15) is 24.5 Å². The Morgan fingerprint density at radius 1 is 1.33 bits per heavy atom. The molecule has 0 spiro atoms. The second-order valence-electron chi connectivity index (χ2n) is 3.82. The third-order valence-electron chi connectivity index (χ3n) is 2.50. The third kappa shape index (κ3) is 3.87. The zero-order valence-electron chi connectivity index (χ0n) is 10.0. The Bertz CT molecular complexity index is 512. The Hall–Kier alpha value is -0.256. The van der Waals surface area contributed by atoms with Crippen molar-refractivity contribution in [2.24, 2.45) is 0 Å². The molecule has 2 aromatic rings. The Balaban J connectivity index is 0.000000810. The summed E-state index contributed by atoms with van der Waals surface area (Å²) in [7, 11) is 0. The number of nitrogens with one attached hydrogen (secondary N) is 2. The van der Waals surface area contributed by atoms with Crippen LogP contribution in [0.4, 0.5) is 11.6 Å². The molecule has 1 fully saturated rings. The molecular weight excluding hydrogens is 379 g/mol. The minimum atomic E-state index is 0. The van der Waals surface area contributed by atoms with Gasteiger partial charge in [-0.1, -0.05) is 0 Å². The second-order valence-corrected chi connectivity index (χ2v) is 4.16. The smallest absolute Gasteiger partial charge is 0.224 e. The Morgan fingerprint density at radius 3 is 2.78 bits per heavy atom. The minimum Gasteiger partial charge on any atom is -0.358 e. The SMILES string of the molecule is Clc1nccc(Nc2cc(C3CC3)[nH]n2)n1.[CH3-].[Pr]. The molecule has 18 heavy (non-hydrogen) atoms. The van der Waals surface area contributed by atoms with Gasteiger partial charge >= 0.3 is 0 Å². The number of aromatic amines is 1. The summed E-state index contributed by atoms with van der Waals surface area (Å²) in [5.41, 5.74) is 1.18. The first-order valence-electron chi connectivity index (χ1n) is 5.12. The van der Waals surface area contributed by atoms with Crippen LogP contribution >= 0.6 is 11.6 Å². The van der Waals surface area contributed by atoms with E-state index < -0.39 is 0 Å². The van der Waals surface area contributed by atoms with E-state index in [1.54, 1.807) is 12.3 Å². The van der Waals surface area contributed by atoms with Gasteiger partial charge in [0.15, 0.2) is 5.82 Å². The van der Waals surface area contributed by atoms with Crippen LogP contribution in [0, 0.1) is 48.7 Å². The Kier molecular flexibility index (Phi) is 5.95. The summed E-state index contributed by atoms with van der Waals surface area (Å²) in [5.74, 6) is 2.07. The molecule has 1 radical (unpaired) electrons. The van der Waals surface area contributed by atoms with Crippen LogP contribution in [0.25, 0.3) is 0 Å². The van der Waals surface area contributed by atoms with Crippen molar-refractivity contribution in [3.05, 3.63) is 36.7 Å². The van der Waals surface area contributed by atoms with Crippen molar-refractivity contribution in [1.82, 2.24) is 20.2 Å². The van der Waals surface area contributed by atoms with Crippen LogP contribution in [0.2, 0.25) is 5.28 Å². The summed E-state index contributed by atoms with van der Waals surface area (Å²) in [6.07, 6.45) is 4.11. The number of halogens is 1. The van der Waals surface area contributed by atoms with Crippen LogP contribution < -0.4 is 5.32 Å². The van der Waals surface area contributed by atoms with Crippen LogP contribution in [0.3, 0.4) is 0 Å². The zero-order valence-corrected chi connectivity index (χ0v) is 14.5. The van der Waals surface area contributed by atoms with Gasteiger partial charge < -0.3 is 12.7 Å². The number of H-pyrrole nitrogens is 1. The molecule has 2 N–H and O–H groups in total. The summed E-state index contributed by atoms with van der Waals surface area (Å²) in [4.78, 5) is 7.84. The van der Waals surface area contributed by atoms with Gasteiger partial charge in [0.25, 0.3) is 0 Å². The van der Waals surface area contributed by atoms with E-state index in [0.717, 1.165) is 5.82 Å². The first kappa shape index (κ1) is 15.8. The average Bonchev–Trinajstić information content (AvgIpc) is 3.01. The number of rotatable bonds is 3. The molecule has 1 saturated carbocycles. The fourth-order valence-corrected chi connectivity index (χ4v) is 1.69. The summed E-state index contributed by atoms with van der Waals surface area (Å²) in [6.45, 7) is 0. The standard InChI is InChI=1S/C10H10ClN5.CH3.Pr/c11-10-12-4-3-8(14-10)13-9-5-7(15-16-9)6-1-2-6;;/h3-6H,1-2H2,(H2,12,13,14,15,16);1H3;/q;-1;. The van der Waals surface area contributed by atoms with Crippen molar-refractivity contribution in [2.45, 2.75) is 18.8 Å². The number of hydrogen-bond acceptors (Lipinski definition) is 4. The van der Waals surface area contributed by atoms with Gasteiger partial charge in [0.2, 0.25) is 5.28 Å². The van der Waals surface area contributed by atoms with Gasteiger partial charge in [-0.2, -0.15) is 5.10 Å². The van der Waals surface area contributed by atoms with Crippen LogP contribution in [0.15, 0.2) is 18.3 Å². The normalized spacial score (nSPS) is 13.4. The second kappa shape index (κ2) is 6.78. The van der Waals surface area contributed by atoms with Gasteiger partial charge in [0.1, 0.15) is 5.82 Å². The largest absolute Gasteiger partial charge is 0.358 e. The summed E-state index contributed by atoms with van der Waals surface area (Å²) in [6, 6.07) is 3.75. The fourth-order valence-electron chi connectivity index (χ4n) is 1.54. The first-order chi connectivity index (χ1) is 7.81. The molecule has 0 unspecified atom stereocenters. The van der Waals surface area contributed by atoms with E-state index in [-0.39, 0.29) is 54.0 Å². The summed E-state index contributed by atoms with van der Waals surface area (Å²) in [5, 5.41) is 10.5. The molecule has 2 aromatic heterocycles. The molecule has 0 aliphatic heterocycles.